The fourth-order valence-corrected chi connectivity index (χ4v) is 2.96. The van der Waals surface area contributed by atoms with E-state index in [2.05, 4.69) is 4.18 Å². The molecule has 2 rings (SSSR count). The molecule has 1 aliphatic heterocycles. The lowest BCUT2D eigenvalue weighted by Gasteiger charge is -2.19. The standard InChI is InChI=1S/C15H17F3O7S/c1-9(23-13(19)10-6-4-3-5-7-10)11-8-12(14(22-2)24-11)25-26(20,21)15(16,17)18/h3-7,9,11-12,14H,8H2,1-2H3/t9?,11-,12-,14?/m0/s1. The second kappa shape index (κ2) is 7.91. The van der Waals surface area contributed by atoms with Gasteiger partial charge < -0.3 is 14.2 Å². The van der Waals surface area contributed by atoms with E-state index in [0.29, 0.717) is 0 Å². The van der Waals surface area contributed by atoms with Crippen LogP contribution in [0.5, 0.6) is 0 Å². The Balaban J connectivity index is 2.02. The molecule has 1 fully saturated rings. The Kier molecular flexibility index (Phi) is 6.27. The van der Waals surface area contributed by atoms with E-state index in [0.717, 1.165) is 7.11 Å². The van der Waals surface area contributed by atoms with E-state index < -0.39 is 46.2 Å². The fraction of sp³-hybridized carbons (Fsp3) is 0.533. The first-order chi connectivity index (χ1) is 12.0. The van der Waals surface area contributed by atoms with Gasteiger partial charge in [0.15, 0.2) is 6.29 Å². The zero-order valence-electron chi connectivity index (χ0n) is 13.8. The second-order valence-corrected chi connectivity index (χ2v) is 7.09. The third kappa shape index (κ3) is 4.72. The maximum absolute atomic E-state index is 12.5. The highest BCUT2D eigenvalue weighted by molar-refractivity contribution is 7.87. The summed E-state index contributed by atoms with van der Waals surface area (Å²) in [5.41, 5.74) is -5.28. The van der Waals surface area contributed by atoms with Crippen LogP contribution in [-0.2, 0) is 28.5 Å². The van der Waals surface area contributed by atoms with Crippen molar-refractivity contribution >= 4 is 16.1 Å². The molecular weight excluding hydrogens is 381 g/mol. The van der Waals surface area contributed by atoms with Gasteiger partial charge in [-0.25, -0.2) is 4.79 Å². The minimum atomic E-state index is -5.81. The molecular formula is C15H17F3O7S. The number of carbonyl (C=O) groups excluding carboxylic acids is 1. The SMILES string of the molecule is COC1O[C@H](C(C)OC(=O)c2ccccc2)C[C@@H]1OS(=O)(=O)C(F)(F)F. The first-order valence-electron chi connectivity index (χ1n) is 7.49. The molecule has 0 amide bonds. The summed E-state index contributed by atoms with van der Waals surface area (Å²) >= 11 is 0. The molecule has 1 aromatic rings. The average Bonchev–Trinajstić information content (AvgIpc) is 2.97. The lowest BCUT2D eigenvalue weighted by Crippen LogP contribution is -2.34. The van der Waals surface area contributed by atoms with Gasteiger partial charge in [0.2, 0.25) is 0 Å². The smallest absolute Gasteiger partial charge is 0.456 e. The lowest BCUT2D eigenvalue weighted by atomic mass is 10.1. The van der Waals surface area contributed by atoms with Crippen LogP contribution < -0.4 is 0 Å². The minimum Gasteiger partial charge on any atom is -0.456 e. The third-order valence-electron chi connectivity index (χ3n) is 3.67. The quantitative estimate of drug-likeness (QED) is 0.412. The van der Waals surface area contributed by atoms with Gasteiger partial charge >= 0.3 is 21.6 Å². The van der Waals surface area contributed by atoms with Crippen LogP contribution in [-0.4, -0.2) is 51.6 Å². The molecule has 0 N–H and O–H groups in total. The fourth-order valence-electron chi connectivity index (χ4n) is 2.35. The van der Waals surface area contributed by atoms with Crippen molar-refractivity contribution in [3.8, 4) is 0 Å². The molecule has 1 aliphatic rings. The first kappa shape index (κ1) is 20.6. The molecule has 0 spiro atoms. The summed E-state index contributed by atoms with van der Waals surface area (Å²) in [6.07, 6.45) is -4.91. The number of ether oxygens (including phenoxy) is 3. The van der Waals surface area contributed by atoms with Crippen LogP contribution in [0.3, 0.4) is 0 Å². The Morgan fingerprint density at radius 2 is 1.88 bits per heavy atom. The summed E-state index contributed by atoms with van der Waals surface area (Å²) in [6.45, 7) is 1.47. The van der Waals surface area contributed by atoms with Gasteiger partial charge in [0.1, 0.15) is 18.3 Å². The predicted octanol–water partition coefficient (Wildman–Crippen LogP) is 2.23. The summed E-state index contributed by atoms with van der Waals surface area (Å²) < 4.78 is 79.3. The second-order valence-electron chi connectivity index (χ2n) is 5.53. The zero-order valence-corrected chi connectivity index (χ0v) is 14.6. The van der Waals surface area contributed by atoms with Crippen molar-refractivity contribution < 1.29 is 44.8 Å². The predicted molar refractivity (Wildman–Crippen MR) is 81.5 cm³/mol. The highest BCUT2D eigenvalue weighted by atomic mass is 32.2. The highest BCUT2D eigenvalue weighted by Gasteiger charge is 2.52. The molecule has 1 saturated heterocycles. The van der Waals surface area contributed by atoms with Gasteiger partial charge in [0, 0.05) is 13.5 Å². The third-order valence-corrected chi connectivity index (χ3v) is 4.74. The monoisotopic (exact) mass is 398 g/mol. The van der Waals surface area contributed by atoms with Gasteiger partial charge in [-0.1, -0.05) is 18.2 Å². The Morgan fingerprint density at radius 1 is 1.27 bits per heavy atom. The molecule has 1 heterocycles. The van der Waals surface area contributed by atoms with E-state index in [1.54, 1.807) is 18.2 Å². The maximum Gasteiger partial charge on any atom is 0.523 e. The van der Waals surface area contributed by atoms with Crippen molar-refractivity contribution in [1.29, 1.82) is 0 Å². The molecule has 0 bridgehead atoms. The maximum atomic E-state index is 12.5. The summed E-state index contributed by atoms with van der Waals surface area (Å²) in [5.74, 6) is -0.650. The number of halogens is 3. The summed E-state index contributed by atoms with van der Waals surface area (Å²) in [4.78, 5) is 12.0. The minimum absolute atomic E-state index is 0.267. The molecule has 0 saturated carbocycles. The summed E-state index contributed by atoms with van der Waals surface area (Å²) in [5, 5.41) is 0. The van der Waals surface area contributed by atoms with Crippen LogP contribution in [0.25, 0.3) is 0 Å². The van der Waals surface area contributed by atoms with E-state index in [-0.39, 0.29) is 12.0 Å². The van der Waals surface area contributed by atoms with E-state index >= 15 is 0 Å². The zero-order chi connectivity index (χ0) is 19.5. The highest BCUT2D eigenvalue weighted by Crippen LogP contribution is 2.33. The van der Waals surface area contributed by atoms with Crippen molar-refractivity contribution in [2.24, 2.45) is 0 Å². The number of alkyl halides is 3. The average molecular weight is 398 g/mol. The first-order valence-corrected chi connectivity index (χ1v) is 8.90. The number of methoxy groups -OCH3 is 1. The van der Waals surface area contributed by atoms with Crippen molar-refractivity contribution in [1.82, 2.24) is 0 Å². The van der Waals surface area contributed by atoms with E-state index in [9.17, 15) is 26.4 Å². The van der Waals surface area contributed by atoms with Gasteiger partial charge in [-0.15, -0.1) is 0 Å². The number of hydrogen-bond acceptors (Lipinski definition) is 7. The van der Waals surface area contributed by atoms with Crippen LogP contribution in [0.4, 0.5) is 13.2 Å². The summed E-state index contributed by atoms with van der Waals surface area (Å²) in [7, 11) is -4.68. The Hall–Kier alpha value is -1.69. The van der Waals surface area contributed by atoms with E-state index in [4.69, 9.17) is 14.2 Å². The Bertz CT molecular complexity index is 721. The van der Waals surface area contributed by atoms with Crippen LogP contribution >= 0.6 is 0 Å². The largest absolute Gasteiger partial charge is 0.523 e. The van der Waals surface area contributed by atoms with Crippen LogP contribution in [0.1, 0.15) is 23.7 Å². The van der Waals surface area contributed by atoms with Crippen molar-refractivity contribution in [2.45, 2.75) is 43.5 Å². The molecule has 4 atom stereocenters. The molecule has 2 unspecified atom stereocenters. The molecule has 0 aliphatic carbocycles. The number of esters is 1. The normalized spacial score (nSPS) is 25.0. The molecule has 146 valence electrons. The van der Waals surface area contributed by atoms with Gasteiger partial charge in [0.05, 0.1) is 5.56 Å². The van der Waals surface area contributed by atoms with Crippen LogP contribution in [0.15, 0.2) is 30.3 Å². The van der Waals surface area contributed by atoms with Gasteiger partial charge in [-0.05, 0) is 19.1 Å². The molecule has 0 radical (unpaired) electrons. The van der Waals surface area contributed by atoms with E-state index in [1.165, 1.54) is 19.1 Å². The van der Waals surface area contributed by atoms with Gasteiger partial charge in [0.25, 0.3) is 0 Å². The Labute approximate surface area is 148 Å². The number of rotatable bonds is 6. The number of carbonyl (C=O) groups is 1. The topological polar surface area (TPSA) is 88.1 Å². The van der Waals surface area contributed by atoms with Gasteiger partial charge in [-0.2, -0.15) is 21.6 Å². The number of hydrogen-bond donors (Lipinski definition) is 0. The molecule has 26 heavy (non-hydrogen) atoms. The molecule has 0 aromatic heterocycles. The van der Waals surface area contributed by atoms with E-state index in [1.807, 2.05) is 0 Å². The van der Waals surface area contributed by atoms with Crippen molar-refractivity contribution in [2.75, 3.05) is 7.11 Å². The molecule has 1 aromatic carbocycles. The summed E-state index contributed by atoms with van der Waals surface area (Å²) in [6, 6.07) is 8.06. The van der Waals surface area contributed by atoms with Gasteiger partial charge in [-0.3, -0.25) is 4.18 Å². The van der Waals surface area contributed by atoms with Crippen LogP contribution in [0.2, 0.25) is 0 Å². The molecule has 11 heteroatoms. The van der Waals surface area contributed by atoms with Crippen LogP contribution in [0, 0.1) is 0 Å². The van der Waals surface area contributed by atoms with Crippen molar-refractivity contribution in [3.05, 3.63) is 35.9 Å². The van der Waals surface area contributed by atoms with Crippen molar-refractivity contribution in [3.63, 3.8) is 0 Å². The molecule has 7 nitrogen and oxygen atoms in total. The lowest BCUT2D eigenvalue weighted by molar-refractivity contribution is -0.159. The number of benzene rings is 1. The Morgan fingerprint density at radius 3 is 2.42 bits per heavy atom.